The van der Waals surface area contributed by atoms with Crippen molar-refractivity contribution in [3.05, 3.63) is 57.7 Å². The lowest BCUT2D eigenvalue weighted by Gasteiger charge is -2.32. The number of fused-ring (bicyclic) bond motifs is 1. The fourth-order valence-electron chi connectivity index (χ4n) is 3.50. The number of rotatable bonds is 8. The van der Waals surface area contributed by atoms with Crippen LogP contribution in [0.3, 0.4) is 0 Å². The van der Waals surface area contributed by atoms with Gasteiger partial charge in [-0.25, -0.2) is 0 Å². The first-order valence-corrected chi connectivity index (χ1v) is 10.2. The van der Waals surface area contributed by atoms with Gasteiger partial charge in [0.25, 0.3) is 0 Å². The molecule has 0 amide bonds. The Hall–Kier alpha value is -3.03. The summed E-state index contributed by atoms with van der Waals surface area (Å²) in [6, 6.07) is 11.6. The molecule has 0 spiro atoms. The number of ether oxygens (including phenoxy) is 3. The van der Waals surface area contributed by atoms with Crippen LogP contribution >= 0.6 is 11.6 Å². The molecule has 31 heavy (non-hydrogen) atoms. The van der Waals surface area contributed by atoms with Gasteiger partial charge in [0.2, 0.25) is 0 Å². The number of para-hydroxylation sites is 1. The molecule has 0 unspecified atom stereocenters. The van der Waals surface area contributed by atoms with Crippen LogP contribution in [-0.4, -0.2) is 37.5 Å². The van der Waals surface area contributed by atoms with Crippen LogP contribution in [0.15, 0.2) is 51.7 Å². The number of aliphatic carboxylic acids is 1. The Morgan fingerprint density at radius 2 is 2.00 bits per heavy atom. The lowest BCUT2D eigenvalue weighted by Crippen LogP contribution is -2.37. The smallest absolute Gasteiger partial charge is 0.306 e. The summed E-state index contributed by atoms with van der Waals surface area (Å²) in [6.45, 7) is 0.572. The molecule has 0 aliphatic heterocycles. The maximum atomic E-state index is 12.6. The van der Waals surface area contributed by atoms with Gasteiger partial charge in [-0.1, -0.05) is 17.7 Å². The molecule has 0 atom stereocenters. The number of carboxylic acid groups (broad SMARTS) is 1. The zero-order chi connectivity index (χ0) is 22.0. The van der Waals surface area contributed by atoms with Crippen molar-refractivity contribution in [1.82, 2.24) is 0 Å². The van der Waals surface area contributed by atoms with Gasteiger partial charge in [-0.2, -0.15) is 0 Å². The highest BCUT2D eigenvalue weighted by Gasteiger charge is 2.35. The third kappa shape index (κ3) is 4.52. The van der Waals surface area contributed by atoms with Gasteiger partial charge in [0, 0.05) is 6.07 Å². The van der Waals surface area contributed by atoms with Crippen LogP contribution in [0.4, 0.5) is 0 Å². The van der Waals surface area contributed by atoms with Crippen molar-refractivity contribution >= 4 is 28.5 Å². The second-order valence-electron chi connectivity index (χ2n) is 7.30. The van der Waals surface area contributed by atoms with Crippen LogP contribution < -0.4 is 14.9 Å². The summed E-state index contributed by atoms with van der Waals surface area (Å²) in [6.07, 6.45) is 0.985. The van der Waals surface area contributed by atoms with E-state index in [0.717, 1.165) is 0 Å². The van der Waals surface area contributed by atoms with Gasteiger partial charge in [-0.3, -0.25) is 9.59 Å². The number of halogens is 1. The highest BCUT2D eigenvalue weighted by atomic mass is 35.5. The van der Waals surface area contributed by atoms with Crippen LogP contribution in [0, 0.1) is 5.92 Å². The van der Waals surface area contributed by atoms with E-state index in [9.17, 15) is 9.59 Å². The summed E-state index contributed by atoms with van der Waals surface area (Å²) in [4.78, 5) is 23.5. The second-order valence-corrected chi connectivity index (χ2v) is 7.71. The molecular formula is C23H21ClO7. The van der Waals surface area contributed by atoms with E-state index in [2.05, 4.69) is 0 Å². The molecule has 8 heteroatoms. The predicted octanol–water partition coefficient (Wildman–Crippen LogP) is 4.38. The van der Waals surface area contributed by atoms with Gasteiger partial charge in [0.1, 0.15) is 23.9 Å². The first kappa shape index (κ1) is 21.2. The van der Waals surface area contributed by atoms with Gasteiger partial charge in [-0.15, -0.1) is 0 Å². The number of carboxylic acids is 1. The van der Waals surface area contributed by atoms with Gasteiger partial charge in [0.15, 0.2) is 11.0 Å². The first-order chi connectivity index (χ1) is 15.0. The maximum Gasteiger partial charge on any atom is 0.306 e. The minimum Gasteiger partial charge on any atom is -0.497 e. The van der Waals surface area contributed by atoms with E-state index < -0.39 is 5.97 Å². The van der Waals surface area contributed by atoms with E-state index in [4.69, 9.17) is 35.3 Å². The third-order valence-electron chi connectivity index (χ3n) is 5.30. The van der Waals surface area contributed by atoms with E-state index in [-0.39, 0.29) is 24.1 Å². The summed E-state index contributed by atoms with van der Waals surface area (Å²) >= 11 is 6.23. The molecule has 1 heterocycles. The van der Waals surface area contributed by atoms with Crippen LogP contribution in [0.5, 0.6) is 11.5 Å². The lowest BCUT2D eigenvalue weighted by molar-refractivity contribution is -0.151. The molecule has 1 saturated carbocycles. The Labute approximate surface area is 183 Å². The van der Waals surface area contributed by atoms with Crippen molar-refractivity contribution in [3.8, 4) is 22.8 Å². The molecule has 0 bridgehead atoms. The Kier molecular flexibility index (Phi) is 6.15. The summed E-state index contributed by atoms with van der Waals surface area (Å²) in [7, 11) is 1.55. The van der Waals surface area contributed by atoms with Crippen molar-refractivity contribution in [3.63, 3.8) is 0 Å². The highest BCUT2D eigenvalue weighted by molar-refractivity contribution is 6.34. The summed E-state index contributed by atoms with van der Waals surface area (Å²) < 4.78 is 22.8. The van der Waals surface area contributed by atoms with Gasteiger partial charge < -0.3 is 23.7 Å². The van der Waals surface area contributed by atoms with E-state index in [1.165, 1.54) is 6.07 Å². The minimum absolute atomic E-state index is 0.0549. The van der Waals surface area contributed by atoms with Crippen LogP contribution in [0.25, 0.3) is 22.3 Å². The monoisotopic (exact) mass is 444 g/mol. The number of methoxy groups -OCH3 is 1. The van der Waals surface area contributed by atoms with Crippen LogP contribution in [0.1, 0.15) is 12.8 Å². The molecule has 4 rings (SSSR count). The molecule has 3 aromatic rings. The average Bonchev–Trinajstić information content (AvgIpc) is 2.72. The Morgan fingerprint density at radius 3 is 2.74 bits per heavy atom. The topological polar surface area (TPSA) is 95.2 Å². The molecule has 1 N–H and O–H groups in total. The van der Waals surface area contributed by atoms with Crippen molar-refractivity contribution in [2.24, 2.45) is 5.92 Å². The zero-order valence-electron chi connectivity index (χ0n) is 16.8. The second kappa shape index (κ2) is 8.99. The third-order valence-corrected chi connectivity index (χ3v) is 5.59. The first-order valence-electron chi connectivity index (χ1n) is 9.84. The molecule has 1 aliphatic rings. The molecule has 1 aromatic heterocycles. The van der Waals surface area contributed by atoms with Crippen LogP contribution in [-0.2, 0) is 9.53 Å². The zero-order valence-corrected chi connectivity index (χ0v) is 17.6. The highest BCUT2D eigenvalue weighted by Crippen LogP contribution is 2.35. The predicted molar refractivity (Wildman–Crippen MR) is 115 cm³/mol. The largest absolute Gasteiger partial charge is 0.497 e. The minimum atomic E-state index is -0.782. The van der Waals surface area contributed by atoms with Crippen molar-refractivity contribution in [2.45, 2.75) is 18.9 Å². The van der Waals surface area contributed by atoms with E-state index in [1.807, 2.05) is 0 Å². The number of benzene rings is 2. The van der Waals surface area contributed by atoms with Gasteiger partial charge in [0.05, 0.1) is 41.7 Å². The standard InChI is InChI=1S/C23H21ClO7/c1-28-14-5-6-20(30-8-7-29-15-9-13(10-15)23(26)27)17(11-14)21-12-19(25)16-3-2-4-18(24)22(16)31-21/h2-6,11-13,15H,7-10H2,1H3,(H,26,27)/t13-,15+. The van der Waals surface area contributed by atoms with E-state index >= 15 is 0 Å². The Balaban J connectivity index is 1.53. The van der Waals surface area contributed by atoms with Crippen molar-refractivity contribution < 1.29 is 28.5 Å². The molecule has 0 saturated heterocycles. The molecular weight excluding hydrogens is 424 g/mol. The summed E-state index contributed by atoms with van der Waals surface area (Å²) in [5, 5.41) is 9.67. The molecule has 7 nitrogen and oxygen atoms in total. The molecule has 1 fully saturated rings. The fraction of sp³-hybridized carbons (Fsp3) is 0.304. The maximum absolute atomic E-state index is 12.6. The molecule has 162 valence electrons. The van der Waals surface area contributed by atoms with E-state index in [0.29, 0.717) is 58.3 Å². The lowest BCUT2D eigenvalue weighted by atomic mass is 9.82. The average molecular weight is 445 g/mol. The van der Waals surface area contributed by atoms with Gasteiger partial charge in [-0.05, 0) is 43.2 Å². The van der Waals surface area contributed by atoms with Crippen molar-refractivity contribution in [1.29, 1.82) is 0 Å². The van der Waals surface area contributed by atoms with Crippen molar-refractivity contribution in [2.75, 3.05) is 20.3 Å². The number of hydrogen-bond acceptors (Lipinski definition) is 6. The quantitative estimate of drug-likeness (QED) is 0.515. The Morgan fingerprint density at radius 1 is 1.19 bits per heavy atom. The van der Waals surface area contributed by atoms with Crippen LogP contribution in [0.2, 0.25) is 5.02 Å². The fourth-order valence-corrected chi connectivity index (χ4v) is 3.71. The van der Waals surface area contributed by atoms with Gasteiger partial charge >= 0.3 is 5.97 Å². The SMILES string of the molecule is COc1ccc(OCCO[C@H]2C[C@@H](C(=O)O)C2)c(-c2cc(=O)c3cccc(Cl)c3o2)c1. The number of carbonyl (C=O) groups is 1. The van der Waals surface area contributed by atoms with E-state index in [1.54, 1.807) is 43.5 Å². The molecule has 1 aliphatic carbocycles. The Bertz CT molecular complexity index is 1160. The summed E-state index contributed by atoms with van der Waals surface area (Å²) in [5.74, 6) is 0.284. The molecule has 0 radical (unpaired) electrons. The summed E-state index contributed by atoms with van der Waals surface area (Å²) in [5.41, 5.74) is 0.642. The number of hydrogen-bond donors (Lipinski definition) is 1. The normalized spacial score (nSPS) is 17.9. The molecule has 2 aromatic carbocycles.